The fraction of sp³-hybridized carbons (Fsp3) is 0.462. The highest BCUT2D eigenvalue weighted by Crippen LogP contribution is 2.15. The van der Waals surface area contributed by atoms with Crippen molar-refractivity contribution >= 4 is 17.5 Å². The van der Waals surface area contributed by atoms with Crippen LogP contribution < -0.4 is 5.32 Å². The molecule has 2 aromatic heterocycles. The number of rotatable bonds is 5. The lowest BCUT2D eigenvalue weighted by molar-refractivity contribution is -0.122. The van der Waals surface area contributed by atoms with Crippen LogP contribution in [-0.4, -0.2) is 25.5 Å². The van der Waals surface area contributed by atoms with E-state index in [1.165, 1.54) is 0 Å². The number of carbonyl (C=O) groups is 1. The van der Waals surface area contributed by atoms with Gasteiger partial charge in [-0.15, -0.1) is 0 Å². The minimum atomic E-state index is -0.0998. The number of nitrogens with zero attached hydrogens (tertiary/aromatic N) is 4. The van der Waals surface area contributed by atoms with E-state index >= 15 is 0 Å². The Kier molecular flexibility index (Phi) is 4.44. The van der Waals surface area contributed by atoms with Gasteiger partial charge in [0.05, 0.1) is 22.5 Å². The van der Waals surface area contributed by atoms with Crippen molar-refractivity contribution in [3.05, 3.63) is 34.9 Å². The predicted octanol–water partition coefficient (Wildman–Crippen LogP) is 1.85. The van der Waals surface area contributed by atoms with E-state index in [1.807, 2.05) is 20.0 Å². The van der Waals surface area contributed by atoms with E-state index in [1.54, 1.807) is 28.7 Å². The molecule has 1 N–H and O–H groups in total. The molecule has 0 saturated carbocycles. The Balaban J connectivity index is 2.01. The van der Waals surface area contributed by atoms with E-state index < -0.39 is 0 Å². The van der Waals surface area contributed by atoms with Gasteiger partial charge in [-0.2, -0.15) is 10.2 Å². The van der Waals surface area contributed by atoms with Crippen molar-refractivity contribution < 1.29 is 4.79 Å². The molecule has 0 bridgehead atoms. The minimum Gasteiger partial charge on any atom is -0.346 e. The zero-order valence-corrected chi connectivity index (χ0v) is 12.6. The molecular formula is C13H18ClN5O. The molecule has 2 aromatic rings. The standard InChI is InChI=1S/C13H18ClN5O/c1-4-11(12-5-6-15-18(12)3)16-13(20)8-19-7-10(14)9(2)17-19/h5-7,11H,4,8H2,1-3H3,(H,16,20)/t11-/m0/s1. The zero-order valence-electron chi connectivity index (χ0n) is 11.8. The van der Waals surface area contributed by atoms with Gasteiger partial charge in [0.15, 0.2) is 0 Å². The van der Waals surface area contributed by atoms with Crippen molar-refractivity contribution in [3.8, 4) is 0 Å². The van der Waals surface area contributed by atoms with Crippen LogP contribution in [0, 0.1) is 6.92 Å². The highest BCUT2D eigenvalue weighted by molar-refractivity contribution is 6.31. The van der Waals surface area contributed by atoms with E-state index in [2.05, 4.69) is 15.5 Å². The van der Waals surface area contributed by atoms with Crippen LogP contribution in [0.15, 0.2) is 18.5 Å². The van der Waals surface area contributed by atoms with E-state index in [-0.39, 0.29) is 18.5 Å². The Morgan fingerprint density at radius 3 is 2.80 bits per heavy atom. The molecule has 0 unspecified atom stereocenters. The molecular weight excluding hydrogens is 278 g/mol. The molecule has 7 heteroatoms. The number of hydrogen-bond donors (Lipinski definition) is 1. The maximum absolute atomic E-state index is 12.1. The second kappa shape index (κ2) is 6.09. The average molecular weight is 296 g/mol. The molecule has 6 nitrogen and oxygen atoms in total. The van der Waals surface area contributed by atoms with Gasteiger partial charge in [0.1, 0.15) is 6.54 Å². The number of aryl methyl sites for hydroxylation is 2. The second-order valence-corrected chi connectivity index (χ2v) is 5.08. The third-order valence-electron chi connectivity index (χ3n) is 3.15. The SMILES string of the molecule is CC[C@H](NC(=O)Cn1cc(Cl)c(C)n1)c1ccnn1C. The fourth-order valence-electron chi connectivity index (χ4n) is 2.07. The minimum absolute atomic E-state index is 0.0536. The van der Waals surface area contributed by atoms with Crippen LogP contribution in [0.25, 0.3) is 0 Å². The van der Waals surface area contributed by atoms with Gasteiger partial charge in [0.2, 0.25) is 5.91 Å². The number of nitrogens with one attached hydrogen (secondary N) is 1. The monoisotopic (exact) mass is 295 g/mol. The topological polar surface area (TPSA) is 64.7 Å². The van der Waals surface area contributed by atoms with Crippen molar-refractivity contribution in [2.24, 2.45) is 7.05 Å². The maximum Gasteiger partial charge on any atom is 0.242 e. The molecule has 0 aliphatic rings. The fourth-order valence-corrected chi connectivity index (χ4v) is 2.22. The van der Waals surface area contributed by atoms with Crippen molar-refractivity contribution in [1.29, 1.82) is 0 Å². The van der Waals surface area contributed by atoms with Crippen LogP contribution in [0.1, 0.15) is 30.8 Å². The predicted molar refractivity (Wildman–Crippen MR) is 76.4 cm³/mol. The Morgan fingerprint density at radius 1 is 1.55 bits per heavy atom. The smallest absolute Gasteiger partial charge is 0.242 e. The first-order chi connectivity index (χ1) is 9.51. The molecule has 108 valence electrons. The van der Waals surface area contributed by atoms with Crippen LogP contribution in [0.4, 0.5) is 0 Å². The van der Waals surface area contributed by atoms with Gasteiger partial charge in [0.25, 0.3) is 0 Å². The highest BCUT2D eigenvalue weighted by atomic mass is 35.5. The normalized spacial score (nSPS) is 12.4. The molecule has 2 rings (SSSR count). The van der Waals surface area contributed by atoms with E-state index in [0.29, 0.717) is 5.02 Å². The average Bonchev–Trinajstić information content (AvgIpc) is 2.93. The summed E-state index contributed by atoms with van der Waals surface area (Å²) in [6.07, 6.45) is 4.17. The van der Waals surface area contributed by atoms with Crippen molar-refractivity contribution in [2.75, 3.05) is 0 Å². The molecule has 2 heterocycles. The summed E-state index contributed by atoms with van der Waals surface area (Å²) in [6.45, 7) is 3.98. The van der Waals surface area contributed by atoms with Gasteiger partial charge in [-0.1, -0.05) is 18.5 Å². The number of halogens is 1. The van der Waals surface area contributed by atoms with Crippen molar-refractivity contribution in [2.45, 2.75) is 32.9 Å². The summed E-state index contributed by atoms with van der Waals surface area (Å²) in [6, 6.07) is 1.85. The van der Waals surface area contributed by atoms with E-state index in [4.69, 9.17) is 11.6 Å². The zero-order chi connectivity index (χ0) is 14.7. The Hall–Kier alpha value is -1.82. The lowest BCUT2D eigenvalue weighted by Crippen LogP contribution is -2.32. The summed E-state index contributed by atoms with van der Waals surface area (Å²) in [4.78, 5) is 12.1. The molecule has 1 atom stereocenters. The molecule has 0 aliphatic heterocycles. The number of aromatic nitrogens is 4. The van der Waals surface area contributed by atoms with Gasteiger partial charge in [-0.25, -0.2) is 0 Å². The molecule has 1 amide bonds. The summed E-state index contributed by atoms with van der Waals surface area (Å²) in [5.41, 5.74) is 1.70. The van der Waals surface area contributed by atoms with Gasteiger partial charge in [-0.05, 0) is 19.4 Å². The first-order valence-corrected chi connectivity index (χ1v) is 6.86. The van der Waals surface area contributed by atoms with Gasteiger partial charge in [-0.3, -0.25) is 14.2 Å². The van der Waals surface area contributed by atoms with Crippen LogP contribution in [0.5, 0.6) is 0 Å². The first-order valence-electron chi connectivity index (χ1n) is 6.48. The van der Waals surface area contributed by atoms with Crippen LogP contribution >= 0.6 is 11.6 Å². The largest absolute Gasteiger partial charge is 0.346 e. The number of amides is 1. The quantitative estimate of drug-likeness (QED) is 0.915. The summed E-state index contributed by atoms with van der Waals surface area (Å²) in [5, 5.41) is 11.8. The molecule has 0 saturated heterocycles. The van der Waals surface area contributed by atoms with E-state index in [9.17, 15) is 4.79 Å². The Morgan fingerprint density at radius 2 is 2.30 bits per heavy atom. The third kappa shape index (κ3) is 3.19. The van der Waals surface area contributed by atoms with Crippen LogP contribution in [0.3, 0.4) is 0 Å². The van der Waals surface area contributed by atoms with E-state index in [0.717, 1.165) is 17.8 Å². The number of hydrogen-bond acceptors (Lipinski definition) is 3. The molecule has 0 aliphatic carbocycles. The Labute approximate surface area is 122 Å². The van der Waals surface area contributed by atoms with Gasteiger partial charge >= 0.3 is 0 Å². The van der Waals surface area contributed by atoms with Crippen LogP contribution in [0.2, 0.25) is 5.02 Å². The summed E-state index contributed by atoms with van der Waals surface area (Å²) >= 11 is 5.92. The first kappa shape index (κ1) is 14.6. The maximum atomic E-state index is 12.1. The molecule has 0 radical (unpaired) electrons. The molecule has 20 heavy (non-hydrogen) atoms. The van der Waals surface area contributed by atoms with Crippen LogP contribution in [-0.2, 0) is 18.4 Å². The lowest BCUT2D eigenvalue weighted by Gasteiger charge is -2.17. The lowest BCUT2D eigenvalue weighted by atomic mass is 10.1. The number of carbonyl (C=O) groups excluding carboxylic acids is 1. The highest BCUT2D eigenvalue weighted by Gasteiger charge is 2.16. The molecule has 0 aromatic carbocycles. The summed E-state index contributed by atoms with van der Waals surface area (Å²) < 4.78 is 3.31. The summed E-state index contributed by atoms with van der Waals surface area (Å²) in [5.74, 6) is -0.0998. The molecule has 0 spiro atoms. The van der Waals surface area contributed by atoms with Gasteiger partial charge < -0.3 is 5.32 Å². The second-order valence-electron chi connectivity index (χ2n) is 4.67. The Bertz CT molecular complexity index is 584. The summed E-state index contributed by atoms with van der Waals surface area (Å²) in [7, 11) is 1.86. The molecule has 0 fully saturated rings. The van der Waals surface area contributed by atoms with Gasteiger partial charge in [0, 0.05) is 19.4 Å². The van der Waals surface area contributed by atoms with Crippen molar-refractivity contribution in [3.63, 3.8) is 0 Å². The van der Waals surface area contributed by atoms with Crippen molar-refractivity contribution in [1.82, 2.24) is 24.9 Å². The third-order valence-corrected chi connectivity index (χ3v) is 3.52.